The van der Waals surface area contributed by atoms with Crippen molar-refractivity contribution >= 4 is 11.8 Å². The average molecular weight is 252 g/mol. The van der Waals surface area contributed by atoms with E-state index in [4.69, 9.17) is 9.84 Å². The number of aromatic nitrogens is 1. The second-order valence-corrected chi connectivity index (χ2v) is 3.94. The van der Waals surface area contributed by atoms with Crippen LogP contribution in [-0.4, -0.2) is 42.4 Å². The Hall–Kier alpha value is -1.62. The molecule has 0 bridgehead atoms. The summed E-state index contributed by atoms with van der Waals surface area (Å²) in [6.45, 7) is 8.52. The summed E-state index contributed by atoms with van der Waals surface area (Å²) in [6.07, 6.45) is 0. The normalized spacial score (nSPS) is 10.4. The first-order chi connectivity index (χ1) is 8.58. The van der Waals surface area contributed by atoms with Crippen LogP contribution in [0.5, 0.6) is 0 Å². The van der Waals surface area contributed by atoms with Crippen LogP contribution in [0.2, 0.25) is 0 Å². The first-order valence-corrected chi connectivity index (χ1v) is 6.13. The van der Waals surface area contributed by atoms with Crippen molar-refractivity contribution in [2.24, 2.45) is 0 Å². The maximum atomic E-state index is 11.0. The number of carboxylic acids is 1. The third-order valence-corrected chi connectivity index (χ3v) is 2.60. The lowest BCUT2D eigenvalue weighted by Gasteiger charge is -2.22. The van der Waals surface area contributed by atoms with Crippen LogP contribution in [0.15, 0.2) is 12.1 Å². The molecule has 0 aliphatic carbocycles. The van der Waals surface area contributed by atoms with Crippen molar-refractivity contribution in [2.75, 3.05) is 31.2 Å². The Morgan fingerprint density at radius 3 is 2.72 bits per heavy atom. The molecule has 0 radical (unpaired) electrons. The highest BCUT2D eigenvalue weighted by atomic mass is 16.5. The molecule has 1 N–H and O–H groups in total. The topological polar surface area (TPSA) is 62.7 Å². The van der Waals surface area contributed by atoms with E-state index >= 15 is 0 Å². The van der Waals surface area contributed by atoms with Crippen molar-refractivity contribution in [1.29, 1.82) is 0 Å². The molecular weight excluding hydrogens is 232 g/mol. The summed E-state index contributed by atoms with van der Waals surface area (Å²) in [7, 11) is 0. The van der Waals surface area contributed by atoms with Gasteiger partial charge in [0.15, 0.2) is 0 Å². The van der Waals surface area contributed by atoms with E-state index in [0.29, 0.717) is 31.3 Å². The van der Waals surface area contributed by atoms with Crippen LogP contribution >= 0.6 is 0 Å². The summed E-state index contributed by atoms with van der Waals surface area (Å²) >= 11 is 0. The van der Waals surface area contributed by atoms with Gasteiger partial charge >= 0.3 is 5.97 Å². The van der Waals surface area contributed by atoms with Crippen molar-refractivity contribution in [3.05, 3.63) is 23.4 Å². The van der Waals surface area contributed by atoms with E-state index in [1.165, 1.54) is 0 Å². The molecule has 1 aromatic rings. The molecule has 18 heavy (non-hydrogen) atoms. The summed E-state index contributed by atoms with van der Waals surface area (Å²) in [4.78, 5) is 17.4. The number of pyridine rings is 1. The smallest absolute Gasteiger partial charge is 0.335 e. The number of aryl methyl sites for hydroxylation is 1. The van der Waals surface area contributed by atoms with Crippen molar-refractivity contribution in [1.82, 2.24) is 4.98 Å². The van der Waals surface area contributed by atoms with Gasteiger partial charge in [-0.1, -0.05) is 0 Å². The lowest BCUT2D eigenvalue weighted by molar-refractivity contribution is 0.0696. The van der Waals surface area contributed by atoms with Gasteiger partial charge in [-0.3, -0.25) is 0 Å². The van der Waals surface area contributed by atoms with Gasteiger partial charge < -0.3 is 14.7 Å². The van der Waals surface area contributed by atoms with E-state index in [1.54, 1.807) is 19.1 Å². The zero-order chi connectivity index (χ0) is 13.5. The Morgan fingerprint density at radius 1 is 1.44 bits per heavy atom. The van der Waals surface area contributed by atoms with Crippen molar-refractivity contribution in [3.63, 3.8) is 0 Å². The fourth-order valence-corrected chi connectivity index (χ4v) is 1.69. The number of aromatic carboxylic acids is 1. The van der Waals surface area contributed by atoms with Gasteiger partial charge in [0.05, 0.1) is 12.2 Å². The standard InChI is InChI=1S/C13H20N2O3/c1-4-15(6-7-18-5-2)12-9-11(13(16)17)8-10(3)14-12/h8-9H,4-7H2,1-3H3,(H,16,17). The van der Waals surface area contributed by atoms with Gasteiger partial charge in [0.2, 0.25) is 0 Å². The lowest BCUT2D eigenvalue weighted by Crippen LogP contribution is -2.28. The molecule has 1 aromatic heterocycles. The van der Waals surface area contributed by atoms with E-state index in [0.717, 1.165) is 6.54 Å². The van der Waals surface area contributed by atoms with Crippen LogP contribution in [0, 0.1) is 6.92 Å². The van der Waals surface area contributed by atoms with Crippen LogP contribution in [0.1, 0.15) is 29.9 Å². The maximum Gasteiger partial charge on any atom is 0.335 e. The van der Waals surface area contributed by atoms with Crippen LogP contribution in [0.25, 0.3) is 0 Å². The molecule has 5 heteroatoms. The molecule has 0 spiro atoms. The number of carboxylic acid groups (broad SMARTS) is 1. The van der Waals surface area contributed by atoms with E-state index in [-0.39, 0.29) is 5.56 Å². The molecule has 0 unspecified atom stereocenters. The SMILES string of the molecule is CCOCCN(CC)c1cc(C(=O)O)cc(C)n1. The maximum absolute atomic E-state index is 11.0. The van der Waals surface area contributed by atoms with Gasteiger partial charge in [-0.15, -0.1) is 0 Å². The summed E-state index contributed by atoms with van der Waals surface area (Å²) in [5.74, 6) is -0.239. The van der Waals surface area contributed by atoms with E-state index in [2.05, 4.69) is 4.98 Å². The summed E-state index contributed by atoms with van der Waals surface area (Å²) in [5, 5.41) is 9.03. The minimum Gasteiger partial charge on any atom is -0.478 e. The van der Waals surface area contributed by atoms with Crippen molar-refractivity contribution in [2.45, 2.75) is 20.8 Å². The van der Waals surface area contributed by atoms with Crippen molar-refractivity contribution in [3.8, 4) is 0 Å². The molecule has 0 aromatic carbocycles. The van der Waals surface area contributed by atoms with Crippen LogP contribution in [0.4, 0.5) is 5.82 Å². The van der Waals surface area contributed by atoms with Gasteiger partial charge in [-0.05, 0) is 32.9 Å². The van der Waals surface area contributed by atoms with Gasteiger partial charge in [0, 0.05) is 25.4 Å². The molecule has 0 atom stereocenters. The minimum atomic E-state index is -0.928. The van der Waals surface area contributed by atoms with E-state index in [9.17, 15) is 4.79 Å². The first kappa shape index (κ1) is 14.4. The van der Waals surface area contributed by atoms with Crippen LogP contribution in [-0.2, 0) is 4.74 Å². The first-order valence-electron chi connectivity index (χ1n) is 6.13. The average Bonchev–Trinajstić information content (AvgIpc) is 2.34. The quantitative estimate of drug-likeness (QED) is 0.751. The number of anilines is 1. The Kier molecular flexibility index (Phi) is 5.58. The van der Waals surface area contributed by atoms with Gasteiger partial charge in [-0.2, -0.15) is 0 Å². The summed E-state index contributed by atoms with van der Waals surface area (Å²) < 4.78 is 5.31. The number of ether oxygens (including phenoxy) is 1. The molecular formula is C13H20N2O3. The van der Waals surface area contributed by atoms with E-state index in [1.807, 2.05) is 18.7 Å². The number of nitrogens with zero attached hydrogens (tertiary/aromatic N) is 2. The second-order valence-electron chi connectivity index (χ2n) is 3.94. The Bertz CT molecular complexity index is 407. The van der Waals surface area contributed by atoms with Crippen molar-refractivity contribution < 1.29 is 14.6 Å². The molecule has 0 saturated heterocycles. The third-order valence-electron chi connectivity index (χ3n) is 2.60. The number of hydrogen-bond donors (Lipinski definition) is 1. The lowest BCUT2D eigenvalue weighted by atomic mass is 10.2. The predicted molar refractivity (Wildman–Crippen MR) is 70.3 cm³/mol. The summed E-state index contributed by atoms with van der Waals surface area (Å²) in [5.41, 5.74) is 0.979. The zero-order valence-electron chi connectivity index (χ0n) is 11.1. The minimum absolute atomic E-state index is 0.271. The molecule has 1 heterocycles. The molecule has 100 valence electrons. The van der Waals surface area contributed by atoms with Crippen LogP contribution in [0.3, 0.4) is 0 Å². The predicted octanol–water partition coefficient (Wildman–Crippen LogP) is 1.95. The number of rotatable bonds is 7. The molecule has 0 aliphatic heterocycles. The molecule has 0 saturated carbocycles. The zero-order valence-corrected chi connectivity index (χ0v) is 11.1. The fourth-order valence-electron chi connectivity index (χ4n) is 1.69. The number of hydrogen-bond acceptors (Lipinski definition) is 4. The fraction of sp³-hybridized carbons (Fsp3) is 0.538. The highest BCUT2D eigenvalue weighted by molar-refractivity contribution is 5.88. The molecule has 1 rings (SSSR count). The second kappa shape index (κ2) is 6.96. The monoisotopic (exact) mass is 252 g/mol. The van der Waals surface area contributed by atoms with Gasteiger partial charge in [0.25, 0.3) is 0 Å². The van der Waals surface area contributed by atoms with E-state index < -0.39 is 5.97 Å². The Labute approximate surface area is 107 Å². The summed E-state index contributed by atoms with van der Waals surface area (Å²) in [6, 6.07) is 3.17. The third kappa shape index (κ3) is 4.00. The van der Waals surface area contributed by atoms with Gasteiger partial charge in [0.1, 0.15) is 5.82 Å². The molecule has 0 amide bonds. The Balaban J connectivity index is 2.87. The largest absolute Gasteiger partial charge is 0.478 e. The van der Waals surface area contributed by atoms with Crippen LogP contribution < -0.4 is 4.90 Å². The molecule has 0 fully saturated rings. The van der Waals surface area contributed by atoms with Gasteiger partial charge in [-0.25, -0.2) is 9.78 Å². The number of carbonyl (C=O) groups is 1. The molecule has 5 nitrogen and oxygen atoms in total. The highest BCUT2D eigenvalue weighted by Crippen LogP contribution is 2.15. The highest BCUT2D eigenvalue weighted by Gasteiger charge is 2.11. The Morgan fingerprint density at radius 2 is 2.17 bits per heavy atom. The number of likely N-dealkylation sites (N-methyl/N-ethyl adjacent to an activating group) is 1. The molecule has 0 aliphatic rings.